The number of rotatable bonds is 5. The van der Waals surface area contributed by atoms with Gasteiger partial charge in [0, 0.05) is 24.2 Å². The summed E-state index contributed by atoms with van der Waals surface area (Å²) >= 11 is 0. The molecule has 1 saturated heterocycles. The number of halogens is 3. The van der Waals surface area contributed by atoms with E-state index in [1.54, 1.807) is 13.8 Å². The molecule has 5 nitrogen and oxygen atoms in total. The maximum Gasteiger partial charge on any atom is 0.421 e. The molecule has 1 unspecified atom stereocenters. The van der Waals surface area contributed by atoms with E-state index in [4.69, 9.17) is 4.74 Å². The molecule has 2 heterocycles. The molecule has 0 radical (unpaired) electrons. The topological polar surface area (TPSA) is 54.5 Å². The summed E-state index contributed by atoms with van der Waals surface area (Å²) in [7, 11) is 2.08. The minimum Gasteiger partial charge on any atom is -0.476 e. The number of carbonyl (C=O) groups excluding carboxylic acids is 1. The average Bonchev–Trinajstić information content (AvgIpc) is 3.35. The Balaban J connectivity index is 1.63. The molecule has 1 aromatic heterocycles. The van der Waals surface area contributed by atoms with Crippen molar-refractivity contribution in [3.63, 3.8) is 0 Å². The normalized spacial score (nSPS) is 22.5. The predicted octanol–water partition coefficient (Wildman–Crippen LogP) is 3.11. The van der Waals surface area contributed by atoms with Crippen LogP contribution in [0.3, 0.4) is 0 Å². The quantitative estimate of drug-likeness (QED) is 0.846. The van der Waals surface area contributed by atoms with Gasteiger partial charge in [-0.1, -0.05) is 0 Å². The van der Waals surface area contributed by atoms with Gasteiger partial charge in [0.15, 0.2) is 0 Å². The fourth-order valence-electron chi connectivity index (χ4n) is 3.66. The molecule has 0 aromatic carbocycles. The Morgan fingerprint density at radius 2 is 2.11 bits per heavy atom. The van der Waals surface area contributed by atoms with E-state index in [1.165, 1.54) is 12.3 Å². The zero-order valence-electron chi connectivity index (χ0n) is 15.9. The maximum absolute atomic E-state index is 13.1. The maximum atomic E-state index is 13.1. The van der Waals surface area contributed by atoms with Gasteiger partial charge in [-0.3, -0.25) is 4.79 Å². The molecule has 2 aliphatic rings. The van der Waals surface area contributed by atoms with Gasteiger partial charge in [-0.15, -0.1) is 0 Å². The number of nitrogens with zero attached hydrogens (tertiary/aromatic N) is 2. The lowest BCUT2D eigenvalue weighted by Crippen LogP contribution is -2.54. The average molecular weight is 385 g/mol. The lowest BCUT2D eigenvalue weighted by atomic mass is 9.86. The van der Waals surface area contributed by atoms with E-state index in [-0.39, 0.29) is 24.0 Å². The Labute approximate surface area is 157 Å². The molecule has 1 atom stereocenters. The Bertz CT molecular complexity index is 702. The van der Waals surface area contributed by atoms with Crippen molar-refractivity contribution in [3.8, 4) is 5.88 Å². The number of nitrogens with one attached hydrogen (secondary N) is 1. The number of aromatic nitrogens is 1. The second kappa shape index (κ2) is 6.96. The number of hydrogen-bond acceptors (Lipinski definition) is 4. The van der Waals surface area contributed by atoms with Crippen molar-refractivity contribution in [1.29, 1.82) is 0 Å². The molecule has 3 rings (SSSR count). The summed E-state index contributed by atoms with van der Waals surface area (Å²) < 4.78 is 44.5. The van der Waals surface area contributed by atoms with Crippen LogP contribution in [0.5, 0.6) is 5.88 Å². The highest BCUT2D eigenvalue weighted by molar-refractivity contribution is 5.82. The highest BCUT2D eigenvalue weighted by Crippen LogP contribution is 2.52. The van der Waals surface area contributed by atoms with Gasteiger partial charge < -0.3 is 15.0 Å². The molecule has 1 aromatic rings. The zero-order chi connectivity index (χ0) is 19.9. The number of carbonyl (C=O) groups is 1. The number of ether oxygens (including phenoxy) is 1. The van der Waals surface area contributed by atoms with Crippen LogP contribution in [-0.4, -0.2) is 48.6 Å². The molecule has 8 heteroatoms. The van der Waals surface area contributed by atoms with Crippen molar-refractivity contribution < 1.29 is 22.7 Å². The smallest absolute Gasteiger partial charge is 0.421 e. The molecule has 27 heavy (non-hydrogen) atoms. The van der Waals surface area contributed by atoms with Gasteiger partial charge in [0.2, 0.25) is 11.8 Å². The molecule has 1 spiro atoms. The van der Waals surface area contributed by atoms with E-state index in [1.807, 2.05) is 0 Å². The number of likely N-dealkylation sites (tertiary alicyclic amines) is 1. The van der Waals surface area contributed by atoms with Gasteiger partial charge in [0.05, 0.1) is 5.41 Å². The molecule has 1 aliphatic carbocycles. The molecule has 150 valence electrons. The highest BCUT2D eigenvalue weighted by atomic mass is 19.4. The number of hydrogen-bond donors (Lipinski definition) is 1. The van der Waals surface area contributed by atoms with Crippen molar-refractivity contribution >= 4 is 5.91 Å². The number of pyridine rings is 1. The van der Waals surface area contributed by atoms with Crippen molar-refractivity contribution in [2.45, 2.75) is 45.3 Å². The summed E-state index contributed by atoms with van der Waals surface area (Å²) in [5.41, 5.74) is -1.75. The van der Waals surface area contributed by atoms with Gasteiger partial charge in [-0.25, -0.2) is 4.98 Å². The minimum absolute atomic E-state index is 0.112. The fraction of sp³-hybridized carbons (Fsp3) is 0.684. The third-order valence-electron chi connectivity index (χ3n) is 5.58. The minimum atomic E-state index is -4.55. The summed E-state index contributed by atoms with van der Waals surface area (Å²) in [5, 5.41) is 3.13. The third-order valence-corrected chi connectivity index (χ3v) is 5.58. The first kappa shape index (κ1) is 19.9. The Kier molecular flexibility index (Phi) is 5.14. The van der Waals surface area contributed by atoms with Crippen LogP contribution >= 0.6 is 0 Å². The van der Waals surface area contributed by atoms with Crippen LogP contribution in [0.1, 0.15) is 38.7 Å². The van der Waals surface area contributed by atoms with Crippen molar-refractivity contribution in [2.75, 3.05) is 26.7 Å². The van der Waals surface area contributed by atoms with Gasteiger partial charge in [0.1, 0.15) is 12.2 Å². The van der Waals surface area contributed by atoms with E-state index >= 15 is 0 Å². The predicted molar refractivity (Wildman–Crippen MR) is 94.2 cm³/mol. The van der Waals surface area contributed by atoms with E-state index in [0.29, 0.717) is 0 Å². The van der Waals surface area contributed by atoms with Gasteiger partial charge in [-0.2, -0.15) is 13.2 Å². The van der Waals surface area contributed by atoms with Crippen LogP contribution < -0.4 is 10.1 Å². The zero-order valence-corrected chi connectivity index (χ0v) is 15.9. The number of piperidine rings is 1. The van der Waals surface area contributed by atoms with E-state index in [9.17, 15) is 18.0 Å². The lowest BCUT2D eigenvalue weighted by molar-refractivity contribution is -0.139. The second-order valence-corrected chi connectivity index (χ2v) is 8.44. The lowest BCUT2D eigenvalue weighted by Gasteiger charge is -2.39. The Hall–Kier alpha value is -1.83. The fourth-order valence-corrected chi connectivity index (χ4v) is 3.66. The van der Waals surface area contributed by atoms with Crippen LogP contribution in [0.25, 0.3) is 0 Å². The molecule has 1 aliphatic heterocycles. The van der Waals surface area contributed by atoms with Crippen molar-refractivity contribution in [3.05, 3.63) is 23.9 Å². The molecule has 1 saturated carbocycles. The first-order valence-electron chi connectivity index (χ1n) is 9.18. The van der Waals surface area contributed by atoms with Gasteiger partial charge in [0.25, 0.3) is 0 Å². The van der Waals surface area contributed by atoms with Gasteiger partial charge in [-0.05, 0) is 58.8 Å². The molecule has 1 N–H and O–H groups in total. The van der Waals surface area contributed by atoms with Gasteiger partial charge >= 0.3 is 6.18 Å². The Morgan fingerprint density at radius 1 is 1.41 bits per heavy atom. The summed E-state index contributed by atoms with van der Waals surface area (Å²) in [6.07, 6.45) is -0.225. The standard InChI is InChI=1S/C19H26F3N3O2/c1-17(2,12-27-15-13(19(20,21)22)5-4-9-23-15)16(26)24-14-6-10-25(3)11-18(14)7-8-18/h4-5,9,14H,6-8,10-12H2,1-3H3,(H,24,26). The summed E-state index contributed by atoms with van der Waals surface area (Å²) in [4.78, 5) is 18.8. The second-order valence-electron chi connectivity index (χ2n) is 8.44. The monoisotopic (exact) mass is 385 g/mol. The largest absolute Gasteiger partial charge is 0.476 e. The highest BCUT2D eigenvalue weighted by Gasteiger charge is 2.52. The summed E-state index contributed by atoms with van der Waals surface area (Å²) in [6, 6.07) is 2.24. The van der Waals surface area contributed by atoms with E-state index in [2.05, 4.69) is 22.2 Å². The number of alkyl halides is 3. The van der Waals surface area contributed by atoms with Crippen LogP contribution in [-0.2, 0) is 11.0 Å². The molecule has 2 fully saturated rings. The van der Waals surface area contributed by atoms with Crippen LogP contribution in [0.15, 0.2) is 18.3 Å². The van der Waals surface area contributed by atoms with E-state index < -0.39 is 23.0 Å². The first-order valence-corrected chi connectivity index (χ1v) is 9.18. The first-order chi connectivity index (χ1) is 12.5. The molecular formula is C19H26F3N3O2. The summed E-state index contributed by atoms with van der Waals surface area (Å²) in [5.74, 6) is -0.698. The summed E-state index contributed by atoms with van der Waals surface area (Å²) in [6.45, 7) is 5.06. The third kappa shape index (κ3) is 4.36. The molecule has 1 amide bonds. The van der Waals surface area contributed by atoms with Crippen LogP contribution in [0.4, 0.5) is 13.2 Å². The van der Waals surface area contributed by atoms with E-state index in [0.717, 1.165) is 38.4 Å². The SMILES string of the molecule is CN1CCC(NC(=O)C(C)(C)COc2ncccc2C(F)(F)F)C2(CC2)C1. The van der Waals surface area contributed by atoms with Crippen molar-refractivity contribution in [1.82, 2.24) is 15.2 Å². The Morgan fingerprint density at radius 3 is 2.74 bits per heavy atom. The molecule has 0 bridgehead atoms. The van der Waals surface area contributed by atoms with Crippen LogP contribution in [0.2, 0.25) is 0 Å². The van der Waals surface area contributed by atoms with Crippen LogP contribution in [0, 0.1) is 10.8 Å². The molecular weight excluding hydrogens is 359 g/mol. The van der Waals surface area contributed by atoms with Crippen molar-refractivity contribution in [2.24, 2.45) is 10.8 Å². The number of amides is 1.